The Balaban J connectivity index is 1.51. The molecule has 0 fully saturated rings. The molecule has 0 saturated carbocycles. The predicted octanol–water partition coefficient (Wildman–Crippen LogP) is 4.65. The molecule has 0 aliphatic heterocycles. The maximum Gasteiger partial charge on any atom is 0.271 e. The van der Waals surface area contributed by atoms with Crippen LogP contribution < -0.4 is 5.32 Å². The van der Waals surface area contributed by atoms with E-state index in [0.717, 1.165) is 21.0 Å². The number of carbonyl (C=O) groups is 1. The number of hydrogen-bond donors (Lipinski definition) is 1. The highest BCUT2D eigenvalue weighted by atomic mass is 35.5. The SMILES string of the molecule is O=C(NCc1ccccc1Cl)c1cn2cc(-c3ccccc3)sc2n1. The van der Waals surface area contributed by atoms with Gasteiger partial charge in [0.1, 0.15) is 5.69 Å². The predicted molar refractivity (Wildman–Crippen MR) is 101 cm³/mol. The van der Waals surface area contributed by atoms with Crippen molar-refractivity contribution in [1.29, 1.82) is 0 Å². The zero-order chi connectivity index (χ0) is 17.2. The minimum absolute atomic E-state index is 0.211. The summed E-state index contributed by atoms with van der Waals surface area (Å²) < 4.78 is 1.89. The van der Waals surface area contributed by atoms with Crippen LogP contribution in [-0.2, 0) is 6.54 Å². The van der Waals surface area contributed by atoms with E-state index in [-0.39, 0.29) is 5.91 Å². The number of fused-ring (bicyclic) bond motifs is 1. The fourth-order valence-corrected chi connectivity index (χ4v) is 3.72. The van der Waals surface area contributed by atoms with E-state index < -0.39 is 0 Å². The second-order valence-electron chi connectivity index (χ2n) is 5.55. The van der Waals surface area contributed by atoms with Crippen molar-refractivity contribution in [3.8, 4) is 10.4 Å². The van der Waals surface area contributed by atoms with E-state index >= 15 is 0 Å². The Kier molecular flexibility index (Phi) is 4.26. The molecule has 2 aromatic heterocycles. The van der Waals surface area contributed by atoms with Gasteiger partial charge in [-0.25, -0.2) is 4.98 Å². The molecule has 0 aliphatic carbocycles. The minimum atomic E-state index is -0.211. The van der Waals surface area contributed by atoms with Crippen LogP contribution in [0.25, 0.3) is 15.4 Å². The van der Waals surface area contributed by atoms with Crippen LogP contribution in [-0.4, -0.2) is 15.3 Å². The first kappa shape index (κ1) is 15.9. The van der Waals surface area contributed by atoms with Gasteiger partial charge >= 0.3 is 0 Å². The van der Waals surface area contributed by atoms with E-state index in [2.05, 4.69) is 22.4 Å². The quantitative estimate of drug-likeness (QED) is 0.570. The van der Waals surface area contributed by atoms with Gasteiger partial charge in [-0.15, -0.1) is 0 Å². The van der Waals surface area contributed by atoms with Gasteiger partial charge in [-0.05, 0) is 17.2 Å². The Bertz CT molecular complexity index is 1010. The fourth-order valence-electron chi connectivity index (χ4n) is 2.55. The molecule has 0 radical (unpaired) electrons. The minimum Gasteiger partial charge on any atom is -0.347 e. The van der Waals surface area contributed by atoms with Gasteiger partial charge in [0.2, 0.25) is 0 Å². The number of nitrogens with zero attached hydrogens (tertiary/aromatic N) is 2. The van der Waals surface area contributed by atoms with Crippen LogP contribution >= 0.6 is 22.9 Å². The third-order valence-electron chi connectivity index (χ3n) is 3.84. The van der Waals surface area contributed by atoms with Crippen LogP contribution in [0.3, 0.4) is 0 Å². The molecule has 0 spiro atoms. The summed E-state index contributed by atoms with van der Waals surface area (Å²) in [5.74, 6) is -0.211. The molecule has 124 valence electrons. The van der Waals surface area contributed by atoms with Crippen molar-refractivity contribution in [2.24, 2.45) is 0 Å². The van der Waals surface area contributed by atoms with Crippen molar-refractivity contribution in [2.45, 2.75) is 6.54 Å². The largest absolute Gasteiger partial charge is 0.347 e. The van der Waals surface area contributed by atoms with Crippen LogP contribution in [0.15, 0.2) is 67.0 Å². The monoisotopic (exact) mass is 367 g/mol. The number of benzene rings is 2. The first-order valence-corrected chi connectivity index (χ1v) is 8.96. The van der Waals surface area contributed by atoms with Gasteiger partial charge in [0.05, 0.1) is 4.88 Å². The number of hydrogen-bond acceptors (Lipinski definition) is 3. The Labute approximate surface area is 153 Å². The lowest BCUT2D eigenvalue weighted by molar-refractivity contribution is 0.0946. The van der Waals surface area contributed by atoms with E-state index in [1.54, 1.807) is 23.6 Å². The van der Waals surface area contributed by atoms with Gasteiger partial charge < -0.3 is 5.32 Å². The number of carbonyl (C=O) groups excluding carboxylic acids is 1. The highest BCUT2D eigenvalue weighted by Crippen LogP contribution is 2.28. The van der Waals surface area contributed by atoms with Crippen molar-refractivity contribution in [3.05, 3.63) is 83.3 Å². The lowest BCUT2D eigenvalue weighted by Crippen LogP contribution is -2.23. The van der Waals surface area contributed by atoms with E-state index in [9.17, 15) is 4.79 Å². The van der Waals surface area contributed by atoms with Crippen LogP contribution in [0.4, 0.5) is 0 Å². The normalized spacial score (nSPS) is 10.9. The number of amides is 1. The van der Waals surface area contributed by atoms with Crippen LogP contribution in [0.2, 0.25) is 5.02 Å². The molecule has 25 heavy (non-hydrogen) atoms. The molecule has 4 nitrogen and oxygen atoms in total. The molecule has 0 atom stereocenters. The maximum atomic E-state index is 12.3. The zero-order valence-electron chi connectivity index (χ0n) is 13.1. The number of aromatic nitrogens is 2. The van der Waals surface area contributed by atoms with Crippen molar-refractivity contribution in [2.75, 3.05) is 0 Å². The lowest BCUT2D eigenvalue weighted by atomic mass is 10.2. The van der Waals surface area contributed by atoms with E-state index in [1.807, 2.05) is 47.0 Å². The molecule has 1 amide bonds. The van der Waals surface area contributed by atoms with E-state index in [0.29, 0.717) is 17.3 Å². The van der Waals surface area contributed by atoms with Crippen LogP contribution in [0, 0.1) is 0 Å². The lowest BCUT2D eigenvalue weighted by Gasteiger charge is -2.05. The van der Waals surface area contributed by atoms with Crippen LogP contribution in [0.1, 0.15) is 16.1 Å². The topological polar surface area (TPSA) is 46.4 Å². The molecular formula is C19H14ClN3OS. The molecule has 1 N–H and O–H groups in total. The zero-order valence-corrected chi connectivity index (χ0v) is 14.7. The highest BCUT2D eigenvalue weighted by Gasteiger charge is 2.13. The fraction of sp³-hybridized carbons (Fsp3) is 0.0526. The van der Waals surface area contributed by atoms with Crippen LogP contribution in [0.5, 0.6) is 0 Å². The van der Waals surface area contributed by atoms with Gasteiger partial charge in [-0.3, -0.25) is 9.20 Å². The molecule has 0 unspecified atom stereocenters. The molecule has 0 aliphatic rings. The number of nitrogens with one attached hydrogen (secondary N) is 1. The molecule has 4 rings (SSSR count). The van der Waals surface area contributed by atoms with Crippen molar-refractivity contribution < 1.29 is 4.79 Å². The maximum absolute atomic E-state index is 12.3. The summed E-state index contributed by atoms with van der Waals surface area (Å²) >= 11 is 7.66. The highest BCUT2D eigenvalue weighted by molar-refractivity contribution is 7.20. The second kappa shape index (κ2) is 6.70. The number of rotatable bonds is 4. The molecule has 0 saturated heterocycles. The Morgan fingerprint density at radius 3 is 2.60 bits per heavy atom. The molecule has 2 heterocycles. The third kappa shape index (κ3) is 3.29. The first-order chi connectivity index (χ1) is 12.2. The standard InChI is InChI=1S/C19H14ClN3OS/c20-15-9-5-4-8-14(15)10-21-18(24)16-11-23-12-17(25-19(23)22-16)13-6-2-1-3-7-13/h1-9,11-12H,10H2,(H,21,24). The average Bonchev–Trinajstić information content (AvgIpc) is 3.21. The first-order valence-electron chi connectivity index (χ1n) is 7.76. The summed E-state index contributed by atoms with van der Waals surface area (Å²) in [6, 6.07) is 17.6. The van der Waals surface area contributed by atoms with Gasteiger partial charge in [-0.1, -0.05) is 71.5 Å². The summed E-state index contributed by atoms with van der Waals surface area (Å²) in [6.07, 6.45) is 3.74. The molecule has 0 bridgehead atoms. The summed E-state index contributed by atoms with van der Waals surface area (Å²) in [5.41, 5.74) is 2.42. The number of halogens is 1. The molecule has 6 heteroatoms. The van der Waals surface area contributed by atoms with Gasteiger partial charge in [0.25, 0.3) is 5.91 Å². The van der Waals surface area contributed by atoms with Crippen molar-refractivity contribution >= 4 is 33.8 Å². The molecular weight excluding hydrogens is 354 g/mol. The van der Waals surface area contributed by atoms with Crippen molar-refractivity contribution in [3.63, 3.8) is 0 Å². The number of thiazole rings is 1. The Morgan fingerprint density at radius 1 is 1.08 bits per heavy atom. The smallest absolute Gasteiger partial charge is 0.271 e. The van der Waals surface area contributed by atoms with Crippen molar-refractivity contribution in [1.82, 2.24) is 14.7 Å². The third-order valence-corrected chi connectivity index (χ3v) is 5.26. The average molecular weight is 368 g/mol. The van der Waals surface area contributed by atoms with E-state index in [4.69, 9.17) is 11.6 Å². The number of imidazole rings is 1. The summed E-state index contributed by atoms with van der Waals surface area (Å²) in [6.45, 7) is 0.374. The Hall–Kier alpha value is -2.63. The van der Waals surface area contributed by atoms with Gasteiger partial charge in [-0.2, -0.15) is 0 Å². The molecule has 4 aromatic rings. The van der Waals surface area contributed by atoms with Gasteiger partial charge in [0.15, 0.2) is 4.96 Å². The summed E-state index contributed by atoms with van der Waals surface area (Å²) in [5, 5.41) is 3.50. The molecule has 2 aromatic carbocycles. The Morgan fingerprint density at radius 2 is 1.84 bits per heavy atom. The summed E-state index contributed by atoms with van der Waals surface area (Å²) in [4.78, 5) is 18.7. The van der Waals surface area contributed by atoms with E-state index in [1.165, 1.54) is 0 Å². The van der Waals surface area contributed by atoms with Gasteiger partial charge in [0, 0.05) is 24.0 Å². The summed E-state index contributed by atoms with van der Waals surface area (Å²) in [7, 11) is 0. The second-order valence-corrected chi connectivity index (χ2v) is 6.97.